The Morgan fingerprint density at radius 3 is 2.32 bits per heavy atom. The van der Waals surface area contributed by atoms with Gasteiger partial charge in [-0.05, 0) is 64.3 Å². The summed E-state index contributed by atoms with van der Waals surface area (Å²) in [6.07, 6.45) is 1.16. The van der Waals surface area contributed by atoms with E-state index in [4.69, 9.17) is 9.72 Å². The molecule has 0 spiro atoms. The van der Waals surface area contributed by atoms with Crippen molar-refractivity contribution in [1.29, 1.82) is 0 Å². The predicted octanol–water partition coefficient (Wildman–Crippen LogP) is 4.76. The molecule has 7 nitrogen and oxygen atoms in total. The Morgan fingerprint density at radius 1 is 1.09 bits per heavy atom. The number of hydrogen-bond donors (Lipinski definition) is 1. The Labute approximate surface area is 204 Å². The lowest BCUT2D eigenvalue weighted by Gasteiger charge is -2.29. The Morgan fingerprint density at radius 2 is 1.74 bits per heavy atom. The molecule has 1 aromatic heterocycles. The number of carbonyl (C=O) groups excluding carboxylic acids is 1. The zero-order valence-electron chi connectivity index (χ0n) is 21.8. The lowest BCUT2D eigenvalue weighted by atomic mass is 10.0. The molecule has 2 fully saturated rings. The third kappa shape index (κ3) is 5.87. The van der Waals surface area contributed by atoms with Crippen molar-refractivity contribution in [3.63, 3.8) is 0 Å². The maximum Gasteiger partial charge on any atom is 0.251 e. The van der Waals surface area contributed by atoms with Crippen LogP contribution in [-0.2, 0) is 4.74 Å². The molecule has 0 aliphatic carbocycles. The highest BCUT2D eigenvalue weighted by Gasteiger charge is 2.34. The monoisotopic (exact) mass is 467 g/mol. The maximum atomic E-state index is 12.9. The number of benzene rings is 1. The fourth-order valence-corrected chi connectivity index (χ4v) is 4.89. The summed E-state index contributed by atoms with van der Waals surface area (Å²) in [7, 11) is 0. The Balaban J connectivity index is 0.00000158. The van der Waals surface area contributed by atoms with Crippen molar-refractivity contribution in [3.8, 4) is 0 Å². The average Bonchev–Trinajstić information content (AvgIpc) is 3.11. The van der Waals surface area contributed by atoms with Crippen LogP contribution < -0.4 is 15.1 Å². The van der Waals surface area contributed by atoms with Gasteiger partial charge in [0.2, 0.25) is 0 Å². The summed E-state index contributed by atoms with van der Waals surface area (Å²) in [5.41, 5.74) is 2.61. The van der Waals surface area contributed by atoms with Gasteiger partial charge < -0.3 is 19.9 Å². The number of rotatable bonds is 5. The van der Waals surface area contributed by atoms with Crippen molar-refractivity contribution in [1.82, 2.24) is 15.3 Å². The van der Waals surface area contributed by atoms with Crippen molar-refractivity contribution in [2.24, 2.45) is 5.92 Å². The molecule has 7 heteroatoms. The summed E-state index contributed by atoms with van der Waals surface area (Å²) >= 11 is 0. The van der Waals surface area contributed by atoms with Gasteiger partial charge in [0, 0.05) is 42.5 Å². The lowest BCUT2D eigenvalue weighted by Crippen LogP contribution is -2.36. The first-order valence-corrected chi connectivity index (χ1v) is 12.7. The molecule has 2 saturated heterocycles. The summed E-state index contributed by atoms with van der Waals surface area (Å²) in [5.74, 6) is 2.21. The molecule has 3 heterocycles. The van der Waals surface area contributed by atoms with Gasteiger partial charge >= 0.3 is 0 Å². The van der Waals surface area contributed by atoms with E-state index in [0.29, 0.717) is 23.6 Å². The zero-order chi connectivity index (χ0) is 24.8. The largest absolute Gasteiger partial charge is 0.378 e. The molecular weight excluding hydrogens is 426 g/mol. The standard InChI is InChI=1S/C25H35N5O2.C2H6/c1-16-14-17(2)30(19(16)4)24-15-23(27-20(5)28-24)18(3)26-25(31)21-6-8-22(9-7-21)29-10-12-32-13-11-29;1-2/h6-9,15-19H,10-14H2,1-5H3,(H,26,31);1-2H3. The van der Waals surface area contributed by atoms with Crippen LogP contribution in [0.25, 0.3) is 0 Å². The first-order valence-electron chi connectivity index (χ1n) is 12.7. The molecule has 186 valence electrons. The minimum atomic E-state index is -0.215. The van der Waals surface area contributed by atoms with Crippen molar-refractivity contribution >= 4 is 17.4 Å². The second kappa shape index (κ2) is 11.6. The van der Waals surface area contributed by atoms with Crippen LogP contribution in [0, 0.1) is 12.8 Å². The van der Waals surface area contributed by atoms with Gasteiger partial charge in [-0.3, -0.25) is 4.79 Å². The van der Waals surface area contributed by atoms with Gasteiger partial charge in [-0.15, -0.1) is 0 Å². The van der Waals surface area contributed by atoms with Crippen LogP contribution in [0.2, 0.25) is 0 Å². The Hall–Kier alpha value is -2.67. The molecule has 0 bridgehead atoms. The van der Waals surface area contributed by atoms with Crippen LogP contribution in [0.5, 0.6) is 0 Å². The number of aryl methyl sites for hydroxylation is 1. The van der Waals surface area contributed by atoms with Crippen molar-refractivity contribution < 1.29 is 9.53 Å². The highest BCUT2D eigenvalue weighted by atomic mass is 16.5. The maximum absolute atomic E-state index is 12.9. The number of anilines is 2. The molecular formula is C27H41N5O2. The number of morpholine rings is 1. The quantitative estimate of drug-likeness (QED) is 0.684. The van der Waals surface area contributed by atoms with E-state index in [1.165, 1.54) is 0 Å². The van der Waals surface area contributed by atoms with Crippen LogP contribution in [0.1, 0.15) is 75.9 Å². The molecule has 1 aromatic carbocycles. The topological polar surface area (TPSA) is 70.6 Å². The minimum absolute atomic E-state index is 0.0969. The smallest absolute Gasteiger partial charge is 0.251 e. The van der Waals surface area contributed by atoms with Crippen LogP contribution in [0.15, 0.2) is 30.3 Å². The molecule has 34 heavy (non-hydrogen) atoms. The van der Waals surface area contributed by atoms with E-state index >= 15 is 0 Å². The number of nitrogens with one attached hydrogen (secondary N) is 1. The fraction of sp³-hybridized carbons (Fsp3) is 0.593. The molecule has 0 radical (unpaired) electrons. The zero-order valence-corrected chi connectivity index (χ0v) is 21.8. The molecule has 2 aliphatic heterocycles. The van der Waals surface area contributed by atoms with Crippen molar-refractivity contribution in [2.75, 3.05) is 36.1 Å². The van der Waals surface area contributed by atoms with Gasteiger partial charge in [0.25, 0.3) is 5.91 Å². The fourth-order valence-electron chi connectivity index (χ4n) is 4.89. The molecule has 1 amide bonds. The van der Waals surface area contributed by atoms with Crippen LogP contribution in [0.4, 0.5) is 11.5 Å². The highest BCUT2D eigenvalue weighted by molar-refractivity contribution is 5.94. The molecule has 4 atom stereocenters. The van der Waals surface area contributed by atoms with Crippen LogP contribution in [0.3, 0.4) is 0 Å². The number of carbonyl (C=O) groups is 1. The normalized spacial score (nSPS) is 23.2. The van der Waals surface area contributed by atoms with E-state index in [9.17, 15) is 4.79 Å². The van der Waals surface area contributed by atoms with Gasteiger partial charge in [0.05, 0.1) is 24.9 Å². The van der Waals surface area contributed by atoms with Gasteiger partial charge in [0.1, 0.15) is 11.6 Å². The molecule has 0 saturated carbocycles. The average molecular weight is 468 g/mol. The van der Waals surface area contributed by atoms with E-state index in [0.717, 1.165) is 55.7 Å². The summed E-state index contributed by atoms with van der Waals surface area (Å²) < 4.78 is 5.42. The van der Waals surface area contributed by atoms with Gasteiger partial charge in [-0.2, -0.15) is 0 Å². The molecule has 4 rings (SSSR count). The SMILES string of the molecule is CC.Cc1nc(C(C)NC(=O)c2ccc(N3CCOCC3)cc2)cc(N2C(C)CC(C)C2C)n1. The predicted molar refractivity (Wildman–Crippen MR) is 139 cm³/mol. The van der Waals surface area contributed by atoms with E-state index in [1.807, 2.05) is 58.0 Å². The van der Waals surface area contributed by atoms with Gasteiger partial charge in [-0.25, -0.2) is 9.97 Å². The number of hydrogen-bond acceptors (Lipinski definition) is 6. The second-order valence-corrected chi connectivity index (χ2v) is 9.25. The summed E-state index contributed by atoms with van der Waals surface area (Å²) in [5, 5.41) is 3.11. The molecule has 4 unspecified atom stereocenters. The first kappa shape index (κ1) is 25.9. The third-order valence-electron chi connectivity index (χ3n) is 6.86. The molecule has 2 aromatic rings. The number of aromatic nitrogens is 2. The van der Waals surface area contributed by atoms with E-state index in [2.05, 4.69) is 40.9 Å². The summed E-state index contributed by atoms with van der Waals surface area (Å²) in [6, 6.07) is 10.5. The summed E-state index contributed by atoms with van der Waals surface area (Å²) in [6.45, 7) is 18.0. The van der Waals surface area contributed by atoms with Crippen molar-refractivity contribution in [3.05, 3.63) is 47.4 Å². The van der Waals surface area contributed by atoms with E-state index in [1.54, 1.807) is 0 Å². The molecule has 1 N–H and O–H groups in total. The lowest BCUT2D eigenvalue weighted by molar-refractivity contribution is 0.0939. The Kier molecular flexibility index (Phi) is 8.89. The third-order valence-corrected chi connectivity index (χ3v) is 6.86. The van der Waals surface area contributed by atoms with Crippen LogP contribution >= 0.6 is 0 Å². The Bertz CT molecular complexity index is 943. The van der Waals surface area contributed by atoms with Gasteiger partial charge in [0.15, 0.2) is 0 Å². The van der Waals surface area contributed by atoms with Crippen LogP contribution in [-0.4, -0.2) is 54.3 Å². The minimum Gasteiger partial charge on any atom is -0.378 e. The van der Waals surface area contributed by atoms with Gasteiger partial charge in [-0.1, -0.05) is 20.8 Å². The number of nitrogens with zero attached hydrogens (tertiary/aromatic N) is 4. The first-order chi connectivity index (χ1) is 16.3. The second-order valence-electron chi connectivity index (χ2n) is 9.25. The van der Waals surface area contributed by atoms with Crippen molar-refractivity contribution in [2.45, 2.75) is 73.0 Å². The highest BCUT2D eigenvalue weighted by Crippen LogP contribution is 2.33. The molecule has 2 aliphatic rings. The van der Waals surface area contributed by atoms with E-state index in [-0.39, 0.29) is 11.9 Å². The number of amides is 1. The number of ether oxygens (including phenoxy) is 1. The van der Waals surface area contributed by atoms with E-state index < -0.39 is 0 Å². The summed E-state index contributed by atoms with van der Waals surface area (Å²) in [4.78, 5) is 26.9.